The van der Waals surface area contributed by atoms with Gasteiger partial charge in [0.05, 0.1) is 6.04 Å². The van der Waals surface area contributed by atoms with Gasteiger partial charge in [-0.15, -0.1) is 0 Å². The van der Waals surface area contributed by atoms with Crippen LogP contribution in [0.25, 0.3) is 0 Å². The molecule has 0 aliphatic carbocycles. The van der Waals surface area contributed by atoms with Crippen LogP contribution in [0.1, 0.15) is 24.0 Å². The summed E-state index contributed by atoms with van der Waals surface area (Å²) in [6, 6.07) is 20.5. The van der Waals surface area contributed by atoms with E-state index in [9.17, 15) is 4.79 Å². The molecule has 2 aromatic rings. The molecule has 132 valence electrons. The summed E-state index contributed by atoms with van der Waals surface area (Å²) < 4.78 is 0. The van der Waals surface area contributed by atoms with Crippen LogP contribution >= 0.6 is 0 Å². The van der Waals surface area contributed by atoms with Gasteiger partial charge in [0.15, 0.2) is 0 Å². The highest BCUT2D eigenvalue weighted by molar-refractivity contribution is 5.81. The van der Waals surface area contributed by atoms with Gasteiger partial charge in [-0.1, -0.05) is 60.7 Å². The van der Waals surface area contributed by atoms with Gasteiger partial charge in [0.1, 0.15) is 0 Å². The molecule has 25 heavy (non-hydrogen) atoms. The number of carbonyl (C=O) groups excluding carboxylic acids is 1. The summed E-state index contributed by atoms with van der Waals surface area (Å²) in [6.45, 7) is 4.22. The van der Waals surface area contributed by atoms with Gasteiger partial charge < -0.3 is 11.1 Å². The minimum Gasteiger partial charge on any atom is -0.354 e. The number of carbonyl (C=O) groups is 1. The predicted molar refractivity (Wildman–Crippen MR) is 101 cm³/mol. The lowest BCUT2D eigenvalue weighted by Crippen LogP contribution is -2.45. The topological polar surface area (TPSA) is 58.4 Å². The minimum absolute atomic E-state index is 0.0713. The molecule has 3 atom stereocenters. The van der Waals surface area contributed by atoms with Gasteiger partial charge in [0.25, 0.3) is 0 Å². The highest BCUT2D eigenvalue weighted by atomic mass is 16.2. The zero-order chi connectivity index (χ0) is 17.6. The average Bonchev–Trinajstić information content (AvgIpc) is 3.04. The molecule has 1 aliphatic rings. The van der Waals surface area contributed by atoms with Gasteiger partial charge in [0, 0.05) is 31.6 Å². The predicted octanol–water partition coefficient (Wildman–Crippen LogP) is 2.16. The summed E-state index contributed by atoms with van der Waals surface area (Å²) in [5.41, 5.74) is 8.84. The number of nitrogens with zero attached hydrogens (tertiary/aromatic N) is 1. The van der Waals surface area contributed by atoms with E-state index in [0.29, 0.717) is 12.5 Å². The van der Waals surface area contributed by atoms with E-state index in [1.807, 2.05) is 43.3 Å². The van der Waals surface area contributed by atoms with Gasteiger partial charge in [-0.2, -0.15) is 0 Å². The van der Waals surface area contributed by atoms with Crippen molar-refractivity contribution in [3.05, 3.63) is 71.8 Å². The molecule has 3 rings (SSSR count). The summed E-state index contributed by atoms with van der Waals surface area (Å²) in [5.74, 6) is 0.373. The van der Waals surface area contributed by atoms with Crippen molar-refractivity contribution in [2.45, 2.75) is 31.3 Å². The third kappa shape index (κ3) is 4.47. The molecule has 0 radical (unpaired) electrons. The summed E-state index contributed by atoms with van der Waals surface area (Å²) in [6.07, 6.45) is 0.853. The van der Waals surface area contributed by atoms with Crippen LogP contribution in [0.3, 0.4) is 0 Å². The fourth-order valence-corrected chi connectivity index (χ4v) is 3.52. The molecule has 4 nitrogen and oxygen atoms in total. The van der Waals surface area contributed by atoms with Crippen molar-refractivity contribution in [3.8, 4) is 0 Å². The average molecular weight is 337 g/mol. The first kappa shape index (κ1) is 17.6. The second-order valence-corrected chi connectivity index (χ2v) is 6.84. The molecule has 1 amide bonds. The van der Waals surface area contributed by atoms with Gasteiger partial charge in [-0.3, -0.25) is 9.69 Å². The Kier molecular flexibility index (Phi) is 5.84. The lowest BCUT2D eigenvalue weighted by atomic mass is 9.95. The second-order valence-electron chi connectivity index (χ2n) is 6.84. The number of rotatable bonds is 6. The van der Waals surface area contributed by atoms with Crippen LogP contribution in [0, 0.1) is 0 Å². The Labute approximate surface area is 150 Å². The largest absolute Gasteiger partial charge is 0.354 e. The monoisotopic (exact) mass is 337 g/mol. The van der Waals surface area contributed by atoms with E-state index in [2.05, 4.69) is 34.5 Å². The summed E-state index contributed by atoms with van der Waals surface area (Å²) >= 11 is 0. The minimum atomic E-state index is -0.157. The first-order chi connectivity index (χ1) is 12.1. The van der Waals surface area contributed by atoms with Crippen molar-refractivity contribution in [3.63, 3.8) is 0 Å². The van der Waals surface area contributed by atoms with Gasteiger partial charge >= 0.3 is 0 Å². The molecule has 0 bridgehead atoms. The quantitative estimate of drug-likeness (QED) is 0.849. The molecular formula is C21H27N3O. The van der Waals surface area contributed by atoms with Crippen molar-refractivity contribution >= 4 is 5.91 Å². The lowest BCUT2D eigenvalue weighted by Gasteiger charge is -2.23. The Morgan fingerprint density at radius 3 is 2.44 bits per heavy atom. The van der Waals surface area contributed by atoms with Crippen molar-refractivity contribution in [2.75, 3.05) is 19.6 Å². The maximum atomic E-state index is 12.5. The molecular weight excluding hydrogens is 310 g/mol. The first-order valence-electron chi connectivity index (χ1n) is 9.01. The Morgan fingerprint density at radius 2 is 1.76 bits per heavy atom. The van der Waals surface area contributed by atoms with E-state index in [1.165, 1.54) is 11.1 Å². The lowest BCUT2D eigenvalue weighted by molar-refractivity contribution is -0.125. The third-order valence-electron chi connectivity index (χ3n) is 5.10. The maximum Gasteiger partial charge on any atom is 0.237 e. The van der Waals surface area contributed by atoms with Crippen molar-refractivity contribution in [1.82, 2.24) is 10.2 Å². The fraction of sp³-hybridized carbons (Fsp3) is 0.381. The van der Waals surface area contributed by atoms with Crippen LogP contribution in [0.5, 0.6) is 0 Å². The van der Waals surface area contributed by atoms with E-state index < -0.39 is 0 Å². The number of amides is 1. The zero-order valence-corrected chi connectivity index (χ0v) is 14.8. The molecule has 3 N–H and O–H groups in total. The standard InChI is InChI=1S/C21H27N3O/c1-16(21(25)23-13-12-17-8-4-2-5-9-17)24-14-19(20(22)15-24)18-10-6-3-7-11-18/h2-11,16,19-20H,12-15,22H2,1H3,(H,23,25)/t16?,19-,20+/m0/s1. The van der Waals surface area contributed by atoms with E-state index >= 15 is 0 Å². The molecule has 2 aromatic carbocycles. The maximum absolute atomic E-state index is 12.5. The Hall–Kier alpha value is -2.17. The Bertz CT molecular complexity index is 674. The molecule has 1 fully saturated rings. The number of nitrogens with two attached hydrogens (primary N) is 1. The highest BCUT2D eigenvalue weighted by Crippen LogP contribution is 2.27. The number of benzene rings is 2. The molecule has 1 heterocycles. The Balaban J connectivity index is 1.50. The van der Waals surface area contributed by atoms with E-state index in [-0.39, 0.29) is 18.0 Å². The van der Waals surface area contributed by atoms with Gasteiger partial charge in [-0.25, -0.2) is 0 Å². The van der Waals surface area contributed by atoms with Crippen molar-refractivity contribution in [1.29, 1.82) is 0 Å². The van der Waals surface area contributed by atoms with Crippen molar-refractivity contribution < 1.29 is 4.79 Å². The van der Waals surface area contributed by atoms with E-state index in [4.69, 9.17) is 5.73 Å². The van der Waals surface area contributed by atoms with E-state index in [0.717, 1.165) is 19.5 Å². The highest BCUT2D eigenvalue weighted by Gasteiger charge is 2.35. The summed E-state index contributed by atoms with van der Waals surface area (Å²) in [4.78, 5) is 14.7. The SMILES string of the molecule is CC(C(=O)NCCc1ccccc1)N1C[C@@H](N)[C@H](c2ccccc2)C1. The molecule has 1 unspecified atom stereocenters. The molecule has 1 saturated heterocycles. The molecule has 1 aliphatic heterocycles. The third-order valence-corrected chi connectivity index (χ3v) is 5.10. The fourth-order valence-electron chi connectivity index (χ4n) is 3.52. The van der Waals surface area contributed by atoms with Crippen LogP contribution in [0.2, 0.25) is 0 Å². The molecule has 0 saturated carbocycles. The summed E-state index contributed by atoms with van der Waals surface area (Å²) in [7, 11) is 0. The van der Waals surface area contributed by atoms with Crippen LogP contribution in [-0.4, -0.2) is 42.5 Å². The van der Waals surface area contributed by atoms with Crippen LogP contribution < -0.4 is 11.1 Å². The molecule has 4 heteroatoms. The van der Waals surface area contributed by atoms with Crippen LogP contribution in [0.15, 0.2) is 60.7 Å². The second kappa shape index (κ2) is 8.28. The van der Waals surface area contributed by atoms with Gasteiger partial charge in [0.2, 0.25) is 5.91 Å². The first-order valence-corrected chi connectivity index (χ1v) is 9.01. The molecule has 0 aromatic heterocycles. The molecule has 0 spiro atoms. The normalized spacial score (nSPS) is 21.8. The number of hydrogen-bond acceptors (Lipinski definition) is 3. The number of likely N-dealkylation sites (tertiary alicyclic amines) is 1. The van der Waals surface area contributed by atoms with Crippen LogP contribution in [0.4, 0.5) is 0 Å². The van der Waals surface area contributed by atoms with Crippen molar-refractivity contribution in [2.24, 2.45) is 5.73 Å². The number of hydrogen-bond donors (Lipinski definition) is 2. The smallest absolute Gasteiger partial charge is 0.237 e. The summed E-state index contributed by atoms with van der Waals surface area (Å²) in [5, 5.41) is 3.06. The van der Waals surface area contributed by atoms with E-state index in [1.54, 1.807) is 0 Å². The van der Waals surface area contributed by atoms with Gasteiger partial charge in [-0.05, 0) is 24.5 Å². The van der Waals surface area contributed by atoms with Crippen LogP contribution in [-0.2, 0) is 11.2 Å². The zero-order valence-electron chi connectivity index (χ0n) is 14.8. The number of nitrogens with one attached hydrogen (secondary N) is 1. The Morgan fingerprint density at radius 1 is 1.12 bits per heavy atom.